The van der Waals surface area contributed by atoms with Crippen LogP contribution in [0.2, 0.25) is 0 Å². The number of hydrogen-bond acceptors (Lipinski definition) is 3. The number of carbonyl (C=O) groups is 1. The molecule has 1 rings (SSSR count). The summed E-state index contributed by atoms with van der Waals surface area (Å²) in [7, 11) is 0. The van der Waals surface area contributed by atoms with E-state index < -0.39 is 0 Å². The molecule has 1 amide bonds. The van der Waals surface area contributed by atoms with Crippen LogP contribution in [0.15, 0.2) is 6.33 Å². The minimum atomic E-state index is 0.0997. The van der Waals surface area contributed by atoms with E-state index in [4.69, 9.17) is 11.6 Å². The lowest BCUT2D eigenvalue weighted by atomic mass is 10.2. The van der Waals surface area contributed by atoms with Gasteiger partial charge in [-0.1, -0.05) is 0 Å². The molecular weight excluding hydrogens is 228 g/mol. The van der Waals surface area contributed by atoms with Gasteiger partial charge in [0.2, 0.25) is 5.91 Å². The minimum absolute atomic E-state index is 0.0997. The quantitative estimate of drug-likeness (QED) is 0.534. The molecule has 1 aromatic heterocycles. The van der Waals surface area contributed by atoms with Crippen molar-refractivity contribution in [3.05, 3.63) is 12.2 Å². The first-order valence-electron chi connectivity index (χ1n) is 5.50. The lowest BCUT2D eigenvalue weighted by molar-refractivity contribution is -0.121. The van der Waals surface area contributed by atoms with Crippen molar-refractivity contribution in [1.29, 1.82) is 0 Å². The first-order chi connectivity index (χ1) is 7.83. The molecule has 0 spiro atoms. The van der Waals surface area contributed by atoms with Crippen molar-refractivity contribution in [2.45, 2.75) is 32.1 Å². The second-order valence-corrected chi connectivity index (χ2v) is 3.91. The Morgan fingerprint density at radius 1 is 1.44 bits per heavy atom. The van der Waals surface area contributed by atoms with Crippen LogP contribution in [0, 0.1) is 0 Å². The Balaban J connectivity index is 1.96. The average Bonchev–Trinajstić information content (AvgIpc) is 2.78. The van der Waals surface area contributed by atoms with Crippen molar-refractivity contribution < 1.29 is 4.79 Å². The summed E-state index contributed by atoms with van der Waals surface area (Å²) in [6.45, 7) is 0.681. The van der Waals surface area contributed by atoms with Gasteiger partial charge in [0.25, 0.3) is 0 Å². The van der Waals surface area contributed by atoms with Gasteiger partial charge in [0, 0.05) is 25.3 Å². The molecule has 0 aromatic carbocycles. The topological polar surface area (TPSA) is 70.7 Å². The lowest BCUT2D eigenvalue weighted by Crippen LogP contribution is -2.24. The van der Waals surface area contributed by atoms with E-state index in [0.29, 0.717) is 18.8 Å². The Bertz CT molecular complexity index is 289. The zero-order valence-corrected chi connectivity index (χ0v) is 9.96. The van der Waals surface area contributed by atoms with E-state index in [-0.39, 0.29) is 5.91 Å². The fraction of sp³-hybridized carbons (Fsp3) is 0.700. The van der Waals surface area contributed by atoms with E-state index in [9.17, 15) is 4.79 Å². The number of amides is 1. The second-order valence-electron chi connectivity index (χ2n) is 3.53. The molecule has 0 bridgehead atoms. The smallest absolute Gasteiger partial charge is 0.219 e. The first kappa shape index (κ1) is 13.0. The van der Waals surface area contributed by atoms with E-state index in [1.807, 2.05) is 0 Å². The Kier molecular flexibility index (Phi) is 6.56. The molecule has 0 radical (unpaired) electrons. The Morgan fingerprint density at radius 3 is 3.00 bits per heavy atom. The predicted octanol–water partition coefficient (Wildman–Crippen LogP) is 1.26. The van der Waals surface area contributed by atoms with Crippen LogP contribution < -0.4 is 5.32 Å². The highest BCUT2D eigenvalue weighted by molar-refractivity contribution is 6.17. The molecular formula is C10H17ClN4O. The summed E-state index contributed by atoms with van der Waals surface area (Å²) in [5, 5.41) is 9.39. The molecule has 0 aliphatic rings. The van der Waals surface area contributed by atoms with E-state index in [2.05, 4.69) is 20.5 Å². The SMILES string of the molecule is O=C(CCCCCl)NCCCc1ncn[nH]1. The summed E-state index contributed by atoms with van der Waals surface area (Å²) in [5.74, 6) is 1.58. The summed E-state index contributed by atoms with van der Waals surface area (Å²) in [4.78, 5) is 15.3. The number of unbranched alkanes of at least 4 members (excludes halogenated alkanes) is 1. The van der Waals surface area contributed by atoms with Crippen LogP contribution >= 0.6 is 11.6 Å². The summed E-state index contributed by atoms with van der Waals surface area (Å²) >= 11 is 5.52. The minimum Gasteiger partial charge on any atom is -0.356 e. The molecule has 0 atom stereocenters. The number of nitrogens with zero attached hydrogens (tertiary/aromatic N) is 2. The van der Waals surface area contributed by atoms with E-state index >= 15 is 0 Å². The third kappa shape index (κ3) is 5.70. The zero-order valence-electron chi connectivity index (χ0n) is 9.21. The summed E-state index contributed by atoms with van der Waals surface area (Å²) in [6, 6.07) is 0. The summed E-state index contributed by atoms with van der Waals surface area (Å²) < 4.78 is 0. The molecule has 0 aliphatic carbocycles. The normalized spacial score (nSPS) is 10.3. The third-order valence-electron chi connectivity index (χ3n) is 2.16. The van der Waals surface area contributed by atoms with Crippen LogP contribution in [0.5, 0.6) is 0 Å². The number of aromatic nitrogens is 3. The first-order valence-corrected chi connectivity index (χ1v) is 6.03. The highest BCUT2D eigenvalue weighted by Crippen LogP contribution is 1.97. The van der Waals surface area contributed by atoms with Gasteiger partial charge >= 0.3 is 0 Å². The largest absolute Gasteiger partial charge is 0.356 e. The van der Waals surface area contributed by atoms with E-state index in [1.54, 1.807) is 0 Å². The van der Waals surface area contributed by atoms with Gasteiger partial charge in [-0.2, -0.15) is 5.10 Å². The molecule has 0 saturated heterocycles. The van der Waals surface area contributed by atoms with Gasteiger partial charge in [-0.25, -0.2) is 4.98 Å². The number of alkyl halides is 1. The number of nitrogens with one attached hydrogen (secondary N) is 2. The number of rotatable bonds is 8. The Labute approximate surface area is 100.0 Å². The summed E-state index contributed by atoms with van der Waals surface area (Å²) in [6.07, 6.45) is 5.48. The van der Waals surface area contributed by atoms with Crippen LogP contribution in [-0.4, -0.2) is 33.5 Å². The van der Waals surface area contributed by atoms with Gasteiger partial charge in [0.15, 0.2) is 0 Å². The van der Waals surface area contributed by atoms with E-state index in [1.165, 1.54) is 6.33 Å². The molecule has 0 fully saturated rings. The standard InChI is InChI=1S/C10H17ClN4O/c11-6-2-1-5-10(16)12-7-3-4-9-13-8-14-15-9/h8H,1-7H2,(H,12,16)(H,13,14,15). The lowest BCUT2D eigenvalue weighted by Gasteiger charge is -2.03. The number of halogens is 1. The third-order valence-corrected chi connectivity index (χ3v) is 2.43. The number of H-pyrrole nitrogens is 1. The van der Waals surface area contributed by atoms with Crippen LogP contribution in [0.25, 0.3) is 0 Å². The van der Waals surface area contributed by atoms with Crippen LogP contribution in [0.1, 0.15) is 31.5 Å². The molecule has 6 heteroatoms. The predicted molar refractivity (Wildman–Crippen MR) is 62.3 cm³/mol. The zero-order chi connectivity index (χ0) is 11.6. The fourth-order valence-corrected chi connectivity index (χ4v) is 1.49. The number of aryl methyl sites for hydroxylation is 1. The van der Waals surface area contributed by atoms with Crippen LogP contribution in [0.3, 0.4) is 0 Å². The molecule has 0 unspecified atom stereocenters. The molecule has 90 valence electrons. The number of hydrogen-bond donors (Lipinski definition) is 2. The van der Waals surface area contributed by atoms with Gasteiger partial charge in [0.1, 0.15) is 12.2 Å². The van der Waals surface area contributed by atoms with Crippen molar-refractivity contribution in [1.82, 2.24) is 20.5 Å². The van der Waals surface area contributed by atoms with Gasteiger partial charge in [-0.3, -0.25) is 9.89 Å². The molecule has 2 N–H and O–H groups in total. The van der Waals surface area contributed by atoms with Gasteiger partial charge in [0.05, 0.1) is 0 Å². The average molecular weight is 245 g/mol. The molecule has 1 heterocycles. The monoisotopic (exact) mass is 244 g/mol. The maximum atomic E-state index is 11.3. The van der Waals surface area contributed by atoms with Gasteiger partial charge in [-0.15, -0.1) is 11.6 Å². The van der Waals surface area contributed by atoms with E-state index in [0.717, 1.165) is 31.5 Å². The van der Waals surface area contributed by atoms with Crippen molar-refractivity contribution in [3.63, 3.8) is 0 Å². The van der Waals surface area contributed by atoms with Gasteiger partial charge < -0.3 is 5.32 Å². The molecule has 0 aliphatic heterocycles. The molecule has 5 nitrogen and oxygen atoms in total. The molecule has 1 aromatic rings. The molecule has 0 saturated carbocycles. The van der Waals surface area contributed by atoms with Crippen LogP contribution in [0.4, 0.5) is 0 Å². The second kappa shape index (κ2) is 8.10. The van der Waals surface area contributed by atoms with Crippen molar-refractivity contribution >= 4 is 17.5 Å². The fourth-order valence-electron chi connectivity index (χ4n) is 1.30. The Morgan fingerprint density at radius 2 is 2.31 bits per heavy atom. The van der Waals surface area contributed by atoms with Crippen LogP contribution in [-0.2, 0) is 11.2 Å². The highest BCUT2D eigenvalue weighted by atomic mass is 35.5. The van der Waals surface area contributed by atoms with Crippen molar-refractivity contribution in [2.24, 2.45) is 0 Å². The van der Waals surface area contributed by atoms with Gasteiger partial charge in [-0.05, 0) is 19.3 Å². The number of aromatic amines is 1. The maximum absolute atomic E-state index is 11.3. The summed E-state index contributed by atoms with van der Waals surface area (Å²) in [5.41, 5.74) is 0. The van der Waals surface area contributed by atoms with Crippen molar-refractivity contribution in [2.75, 3.05) is 12.4 Å². The number of carbonyl (C=O) groups excluding carboxylic acids is 1. The maximum Gasteiger partial charge on any atom is 0.219 e. The Hall–Kier alpha value is -1.10. The highest BCUT2D eigenvalue weighted by Gasteiger charge is 2.00. The van der Waals surface area contributed by atoms with Crippen molar-refractivity contribution in [3.8, 4) is 0 Å². The molecule has 16 heavy (non-hydrogen) atoms.